The lowest BCUT2D eigenvalue weighted by atomic mass is 9.73. The first-order valence-corrected chi connectivity index (χ1v) is 7.13. The lowest BCUT2D eigenvalue weighted by molar-refractivity contribution is -0.142. The molecule has 0 aromatic carbocycles. The van der Waals surface area contributed by atoms with Crippen LogP contribution in [0, 0.1) is 5.92 Å². The van der Waals surface area contributed by atoms with Crippen molar-refractivity contribution < 1.29 is 27.6 Å². The van der Waals surface area contributed by atoms with Crippen LogP contribution in [0.3, 0.4) is 0 Å². The van der Waals surface area contributed by atoms with E-state index in [2.05, 4.69) is 5.32 Å². The zero-order valence-electron chi connectivity index (χ0n) is 12.1. The SMILES string of the molecule is C[C@H]1CCCC[C@]12NC(=O)N(CC(=O)NCC(F)(F)F)C2=O. The van der Waals surface area contributed by atoms with Gasteiger partial charge in [0.15, 0.2) is 0 Å². The summed E-state index contributed by atoms with van der Waals surface area (Å²) >= 11 is 0. The highest BCUT2D eigenvalue weighted by atomic mass is 19.4. The Hall–Kier alpha value is -1.80. The predicted octanol–water partition coefficient (Wildman–Crippen LogP) is 1.17. The summed E-state index contributed by atoms with van der Waals surface area (Å²) in [6.07, 6.45) is -1.53. The molecule has 1 heterocycles. The van der Waals surface area contributed by atoms with Gasteiger partial charge >= 0.3 is 12.2 Å². The van der Waals surface area contributed by atoms with E-state index in [9.17, 15) is 27.6 Å². The zero-order valence-corrected chi connectivity index (χ0v) is 12.1. The van der Waals surface area contributed by atoms with Gasteiger partial charge in [-0.3, -0.25) is 14.5 Å². The van der Waals surface area contributed by atoms with Crippen LogP contribution in [0.15, 0.2) is 0 Å². The van der Waals surface area contributed by atoms with Gasteiger partial charge in [0.05, 0.1) is 0 Å². The summed E-state index contributed by atoms with van der Waals surface area (Å²) in [6.45, 7) is -0.336. The Balaban J connectivity index is 2.02. The molecule has 1 saturated carbocycles. The van der Waals surface area contributed by atoms with Crippen LogP contribution in [0.5, 0.6) is 0 Å². The first kappa shape index (κ1) is 16.6. The minimum absolute atomic E-state index is 0.0686. The third kappa shape index (κ3) is 3.17. The van der Waals surface area contributed by atoms with E-state index in [0.717, 1.165) is 19.3 Å². The number of nitrogens with one attached hydrogen (secondary N) is 2. The number of nitrogens with zero attached hydrogens (tertiary/aromatic N) is 1. The van der Waals surface area contributed by atoms with Crippen molar-refractivity contribution in [2.75, 3.05) is 13.1 Å². The third-order valence-electron chi connectivity index (χ3n) is 4.29. The van der Waals surface area contributed by atoms with Crippen molar-refractivity contribution in [1.82, 2.24) is 15.5 Å². The Bertz CT molecular complexity index is 495. The van der Waals surface area contributed by atoms with Gasteiger partial charge in [0.1, 0.15) is 18.6 Å². The first-order valence-electron chi connectivity index (χ1n) is 7.13. The highest BCUT2D eigenvalue weighted by Crippen LogP contribution is 2.38. The molecule has 4 amide bonds. The van der Waals surface area contributed by atoms with Crippen molar-refractivity contribution in [3.8, 4) is 0 Å². The minimum Gasteiger partial charge on any atom is -0.345 e. The molecule has 9 heteroatoms. The minimum atomic E-state index is -4.54. The van der Waals surface area contributed by atoms with Gasteiger partial charge in [0, 0.05) is 0 Å². The van der Waals surface area contributed by atoms with E-state index in [1.807, 2.05) is 6.92 Å². The lowest BCUT2D eigenvalue weighted by Crippen LogP contribution is -2.54. The monoisotopic (exact) mass is 321 g/mol. The number of hydrogen-bond donors (Lipinski definition) is 2. The number of hydrogen-bond acceptors (Lipinski definition) is 3. The smallest absolute Gasteiger partial charge is 0.345 e. The Morgan fingerprint density at radius 2 is 2.09 bits per heavy atom. The lowest BCUT2D eigenvalue weighted by Gasteiger charge is -2.36. The van der Waals surface area contributed by atoms with Crippen molar-refractivity contribution in [3.63, 3.8) is 0 Å². The molecule has 2 atom stereocenters. The number of urea groups is 1. The predicted molar refractivity (Wildman–Crippen MR) is 69.7 cm³/mol. The molecular formula is C13H18F3N3O3. The second kappa shape index (κ2) is 5.77. The van der Waals surface area contributed by atoms with Crippen LogP contribution in [-0.4, -0.2) is 47.6 Å². The van der Waals surface area contributed by atoms with Gasteiger partial charge in [0.2, 0.25) is 5.91 Å². The zero-order chi connectivity index (χ0) is 16.5. The maximum absolute atomic E-state index is 12.5. The van der Waals surface area contributed by atoms with Crippen LogP contribution in [0.4, 0.5) is 18.0 Å². The number of alkyl halides is 3. The number of rotatable bonds is 3. The summed E-state index contributed by atoms with van der Waals surface area (Å²) in [4.78, 5) is 36.6. The highest BCUT2D eigenvalue weighted by Gasteiger charge is 2.55. The molecule has 1 aliphatic heterocycles. The second-order valence-corrected chi connectivity index (χ2v) is 5.83. The van der Waals surface area contributed by atoms with Crippen molar-refractivity contribution in [2.24, 2.45) is 5.92 Å². The number of halogens is 3. The molecule has 6 nitrogen and oxygen atoms in total. The van der Waals surface area contributed by atoms with Gasteiger partial charge in [-0.2, -0.15) is 13.2 Å². The number of imide groups is 1. The Labute approximate surface area is 125 Å². The molecular weight excluding hydrogens is 303 g/mol. The van der Waals surface area contributed by atoms with E-state index in [1.54, 1.807) is 5.32 Å². The maximum Gasteiger partial charge on any atom is 0.405 e. The normalized spacial score (nSPS) is 28.9. The molecule has 22 heavy (non-hydrogen) atoms. The summed E-state index contributed by atoms with van der Waals surface area (Å²) in [5, 5.41) is 4.29. The molecule has 1 spiro atoms. The van der Waals surface area contributed by atoms with Crippen molar-refractivity contribution >= 4 is 17.8 Å². The highest BCUT2D eigenvalue weighted by molar-refractivity contribution is 6.09. The van der Waals surface area contributed by atoms with Crippen LogP contribution in [0.1, 0.15) is 32.6 Å². The summed E-state index contributed by atoms with van der Waals surface area (Å²) in [6, 6.07) is -0.721. The van der Waals surface area contributed by atoms with Gasteiger partial charge in [-0.15, -0.1) is 0 Å². The summed E-state index contributed by atoms with van der Waals surface area (Å²) in [5.74, 6) is -1.60. The van der Waals surface area contributed by atoms with E-state index < -0.39 is 42.7 Å². The molecule has 0 unspecified atom stereocenters. The molecule has 2 N–H and O–H groups in total. The van der Waals surface area contributed by atoms with Crippen LogP contribution < -0.4 is 10.6 Å². The fourth-order valence-electron chi connectivity index (χ4n) is 3.04. The fourth-order valence-corrected chi connectivity index (χ4v) is 3.04. The van der Waals surface area contributed by atoms with Crippen molar-refractivity contribution in [3.05, 3.63) is 0 Å². The molecule has 1 saturated heterocycles. The standard InChI is InChI=1S/C13H18F3N3O3/c1-8-4-2-3-5-12(8)10(21)19(11(22)18-12)6-9(20)17-7-13(14,15)16/h8H,2-7H2,1H3,(H,17,20)(H,18,22)/t8-,12-/m0/s1. The molecule has 1 aliphatic carbocycles. The van der Waals surface area contributed by atoms with Gasteiger partial charge < -0.3 is 10.6 Å². The van der Waals surface area contributed by atoms with Crippen LogP contribution >= 0.6 is 0 Å². The van der Waals surface area contributed by atoms with Gasteiger partial charge in [0.25, 0.3) is 5.91 Å². The maximum atomic E-state index is 12.5. The van der Waals surface area contributed by atoms with E-state index >= 15 is 0 Å². The second-order valence-electron chi connectivity index (χ2n) is 5.83. The molecule has 2 fully saturated rings. The molecule has 2 aliphatic rings. The molecule has 0 aromatic rings. The summed E-state index contributed by atoms with van der Waals surface area (Å²) in [5.41, 5.74) is -1.01. The molecule has 124 valence electrons. The molecule has 0 bridgehead atoms. The van der Waals surface area contributed by atoms with Crippen LogP contribution in [0.25, 0.3) is 0 Å². The Morgan fingerprint density at radius 1 is 1.41 bits per heavy atom. The molecule has 0 aromatic heterocycles. The number of carbonyl (C=O) groups excluding carboxylic acids is 3. The van der Waals surface area contributed by atoms with Gasteiger partial charge in [-0.05, 0) is 18.8 Å². The van der Waals surface area contributed by atoms with Crippen LogP contribution in [0.2, 0.25) is 0 Å². The average molecular weight is 321 g/mol. The van der Waals surface area contributed by atoms with E-state index in [0.29, 0.717) is 11.3 Å². The van der Waals surface area contributed by atoms with Crippen molar-refractivity contribution in [1.29, 1.82) is 0 Å². The van der Waals surface area contributed by atoms with E-state index in [4.69, 9.17) is 0 Å². The third-order valence-corrected chi connectivity index (χ3v) is 4.29. The Morgan fingerprint density at radius 3 is 2.68 bits per heavy atom. The van der Waals surface area contributed by atoms with Gasteiger partial charge in [-0.25, -0.2) is 4.79 Å². The van der Waals surface area contributed by atoms with Crippen LogP contribution in [-0.2, 0) is 9.59 Å². The number of amides is 4. The molecule has 2 rings (SSSR count). The van der Waals surface area contributed by atoms with E-state index in [1.165, 1.54) is 0 Å². The topological polar surface area (TPSA) is 78.5 Å². The largest absolute Gasteiger partial charge is 0.405 e. The first-order chi connectivity index (χ1) is 10.2. The Kier molecular flexibility index (Phi) is 4.35. The average Bonchev–Trinajstić information content (AvgIpc) is 2.65. The summed E-state index contributed by atoms with van der Waals surface area (Å²) < 4.78 is 36.1. The number of carbonyl (C=O) groups is 3. The summed E-state index contributed by atoms with van der Waals surface area (Å²) in [7, 11) is 0. The van der Waals surface area contributed by atoms with E-state index in [-0.39, 0.29) is 5.92 Å². The fraction of sp³-hybridized carbons (Fsp3) is 0.769. The molecule has 0 radical (unpaired) electrons. The van der Waals surface area contributed by atoms with Gasteiger partial charge in [-0.1, -0.05) is 19.8 Å². The van der Waals surface area contributed by atoms with Crippen molar-refractivity contribution in [2.45, 2.75) is 44.3 Å². The quantitative estimate of drug-likeness (QED) is 0.766.